The zero-order valence-electron chi connectivity index (χ0n) is 16.7. The number of sulfonamides is 1. The van der Waals surface area contributed by atoms with Crippen LogP contribution in [0, 0.1) is 0 Å². The standard InChI is InChI=1S/C19H22N2O8S/c1-19(2)28-16(22)12(17(23)29-19)11-20-13-7-4-5-9-15(13)30(25,26)21-10-6-8-14(21)18(24)27-3/h4-5,7,9,11,14,20H,6,8,10H2,1-3H3. The lowest BCUT2D eigenvalue weighted by Crippen LogP contribution is -2.42. The van der Waals surface area contributed by atoms with Crippen LogP contribution in [0.25, 0.3) is 0 Å². The van der Waals surface area contributed by atoms with Crippen molar-refractivity contribution in [3.8, 4) is 0 Å². The van der Waals surface area contributed by atoms with Crippen molar-refractivity contribution in [1.29, 1.82) is 0 Å². The van der Waals surface area contributed by atoms with E-state index in [2.05, 4.69) is 5.32 Å². The predicted octanol–water partition coefficient (Wildman–Crippen LogP) is 1.14. The van der Waals surface area contributed by atoms with Crippen molar-refractivity contribution in [2.45, 2.75) is 43.4 Å². The molecule has 0 saturated carbocycles. The average Bonchev–Trinajstić information content (AvgIpc) is 3.17. The van der Waals surface area contributed by atoms with E-state index >= 15 is 0 Å². The Hall–Kier alpha value is -2.92. The van der Waals surface area contributed by atoms with Crippen LogP contribution < -0.4 is 5.32 Å². The normalized spacial score (nSPS) is 21.6. The molecule has 0 aliphatic carbocycles. The molecule has 2 aliphatic heterocycles. The molecule has 0 amide bonds. The maximum Gasteiger partial charge on any atom is 0.350 e. The number of carbonyl (C=O) groups excluding carboxylic acids is 3. The number of methoxy groups -OCH3 is 1. The molecule has 1 atom stereocenters. The van der Waals surface area contributed by atoms with E-state index < -0.39 is 45.3 Å². The van der Waals surface area contributed by atoms with Crippen LogP contribution in [0.3, 0.4) is 0 Å². The number of rotatable bonds is 5. The predicted molar refractivity (Wildman–Crippen MR) is 103 cm³/mol. The fraction of sp³-hybridized carbons (Fsp3) is 0.421. The Kier molecular flexibility index (Phi) is 5.86. The molecule has 30 heavy (non-hydrogen) atoms. The Bertz CT molecular complexity index is 993. The van der Waals surface area contributed by atoms with Crippen molar-refractivity contribution in [3.05, 3.63) is 36.0 Å². The molecule has 10 nitrogen and oxygen atoms in total. The highest BCUT2D eigenvalue weighted by atomic mass is 32.2. The summed E-state index contributed by atoms with van der Waals surface area (Å²) in [5.74, 6) is -3.80. The van der Waals surface area contributed by atoms with Gasteiger partial charge >= 0.3 is 17.9 Å². The van der Waals surface area contributed by atoms with Gasteiger partial charge in [-0.05, 0) is 25.0 Å². The molecule has 1 aromatic rings. The Balaban J connectivity index is 1.91. The second-order valence-corrected chi connectivity index (χ2v) is 9.03. The topological polar surface area (TPSA) is 128 Å². The molecule has 0 aromatic heterocycles. The van der Waals surface area contributed by atoms with E-state index in [-0.39, 0.29) is 17.1 Å². The molecule has 2 heterocycles. The fourth-order valence-corrected chi connectivity index (χ4v) is 5.07. The number of hydrogen-bond donors (Lipinski definition) is 1. The summed E-state index contributed by atoms with van der Waals surface area (Å²) in [5, 5.41) is 2.67. The van der Waals surface area contributed by atoms with Gasteiger partial charge in [-0.2, -0.15) is 4.31 Å². The Morgan fingerprint density at radius 1 is 1.23 bits per heavy atom. The molecule has 3 rings (SSSR count). The third-order valence-electron chi connectivity index (χ3n) is 4.64. The molecule has 2 saturated heterocycles. The first-order chi connectivity index (χ1) is 14.1. The summed E-state index contributed by atoms with van der Waals surface area (Å²) in [5.41, 5.74) is -0.291. The zero-order valence-corrected chi connectivity index (χ0v) is 17.5. The van der Waals surface area contributed by atoms with Gasteiger partial charge in [-0.1, -0.05) is 12.1 Å². The first kappa shape index (κ1) is 21.8. The van der Waals surface area contributed by atoms with Crippen LogP contribution in [-0.2, 0) is 38.6 Å². The highest BCUT2D eigenvalue weighted by Gasteiger charge is 2.41. The molecule has 11 heteroatoms. The van der Waals surface area contributed by atoms with Crippen molar-refractivity contribution in [3.63, 3.8) is 0 Å². The molecule has 0 spiro atoms. The van der Waals surface area contributed by atoms with E-state index in [1.165, 1.54) is 39.2 Å². The summed E-state index contributed by atoms with van der Waals surface area (Å²) < 4.78 is 42.3. The van der Waals surface area contributed by atoms with Gasteiger partial charge in [0.25, 0.3) is 5.79 Å². The van der Waals surface area contributed by atoms with Gasteiger partial charge in [-0.15, -0.1) is 0 Å². The van der Waals surface area contributed by atoms with Gasteiger partial charge in [0.05, 0.1) is 12.8 Å². The molecule has 1 aromatic carbocycles. The number of anilines is 1. The number of nitrogens with one attached hydrogen (secondary N) is 1. The quantitative estimate of drug-likeness (QED) is 0.409. The maximum atomic E-state index is 13.2. The number of benzene rings is 1. The fourth-order valence-electron chi connectivity index (χ4n) is 3.26. The third kappa shape index (κ3) is 4.17. The summed E-state index contributed by atoms with van der Waals surface area (Å²) >= 11 is 0. The van der Waals surface area contributed by atoms with E-state index in [0.29, 0.717) is 12.8 Å². The van der Waals surface area contributed by atoms with E-state index in [4.69, 9.17) is 14.2 Å². The molecular formula is C19H22N2O8S. The molecule has 1 N–H and O–H groups in total. The van der Waals surface area contributed by atoms with Crippen molar-refractivity contribution in [2.75, 3.05) is 19.0 Å². The maximum absolute atomic E-state index is 13.2. The van der Waals surface area contributed by atoms with Gasteiger partial charge < -0.3 is 19.5 Å². The average molecular weight is 438 g/mol. The van der Waals surface area contributed by atoms with Crippen LogP contribution in [0.1, 0.15) is 26.7 Å². The van der Waals surface area contributed by atoms with E-state index in [9.17, 15) is 22.8 Å². The second-order valence-electron chi connectivity index (χ2n) is 7.17. The van der Waals surface area contributed by atoms with Crippen molar-refractivity contribution in [1.82, 2.24) is 4.31 Å². The van der Waals surface area contributed by atoms with Gasteiger partial charge in [0.15, 0.2) is 5.57 Å². The van der Waals surface area contributed by atoms with Gasteiger partial charge in [0, 0.05) is 26.6 Å². The first-order valence-corrected chi connectivity index (χ1v) is 10.6. The Morgan fingerprint density at radius 3 is 2.50 bits per heavy atom. The number of esters is 3. The molecular weight excluding hydrogens is 416 g/mol. The minimum atomic E-state index is -4.06. The number of carbonyl (C=O) groups is 3. The van der Waals surface area contributed by atoms with E-state index in [1.807, 2.05) is 0 Å². The highest BCUT2D eigenvalue weighted by Crippen LogP contribution is 2.31. The van der Waals surface area contributed by atoms with Crippen LogP contribution in [0.2, 0.25) is 0 Å². The number of hydrogen-bond acceptors (Lipinski definition) is 9. The summed E-state index contributed by atoms with van der Waals surface area (Å²) in [6.45, 7) is 3.01. The van der Waals surface area contributed by atoms with Crippen LogP contribution >= 0.6 is 0 Å². The van der Waals surface area contributed by atoms with Gasteiger partial charge in [-0.3, -0.25) is 4.79 Å². The van der Waals surface area contributed by atoms with Gasteiger partial charge in [0.1, 0.15) is 10.9 Å². The zero-order chi connectivity index (χ0) is 22.1. The summed E-state index contributed by atoms with van der Waals surface area (Å²) in [6, 6.07) is 5.04. The van der Waals surface area contributed by atoms with Crippen molar-refractivity contribution >= 4 is 33.6 Å². The van der Waals surface area contributed by atoms with Gasteiger partial charge in [-0.25, -0.2) is 18.0 Å². The molecule has 0 radical (unpaired) electrons. The van der Waals surface area contributed by atoms with Crippen molar-refractivity contribution < 1.29 is 37.0 Å². The summed E-state index contributed by atoms with van der Waals surface area (Å²) in [4.78, 5) is 36.0. The molecule has 1 unspecified atom stereocenters. The minimum absolute atomic E-state index is 0.115. The lowest BCUT2D eigenvalue weighted by molar-refractivity contribution is -0.222. The summed E-state index contributed by atoms with van der Waals surface area (Å²) in [6.07, 6.45) is 1.92. The highest BCUT2D eigenvalue weighted by molar-refractivity contribution is 7.89. The summed E-state index contributed by atoms with van der Waals surface area (Å²) in [7, 11) is -2.86. The third-order valence-corrected chi connectivity index (χ3v) is 6.61. The Labute approximate surface area is 173 Å². The molecule has 162 valence electrons. The van der Waals surface area contributed by atoms with Crippen LogP contribution in [0.15, 0.2) is 40.9 Å². The van der Waals surface area contributed by atoms with Gasteiger partial charge in [0.2, 0.25) is 10.0 Å². The Morgan fingerprint density at radius 2 is 1.87 bits per heavy atom. The number of ether oxygens (including phenoxy) is 3. The van der Waals surface area contributed by atoms with E-state index in [0.717, 1.165) is 10.5 Å². The van der Waals surface area contributed by atoms with Crippen LogP contribution in [-0.4, -0.2) is 56.1 Å². The number of cyclic esters (lactones) is 2. The second kappa shape index (κ2) is 8.07. The minimum Gasteiger partial charge on any atom is -0.468 e. The van der Waals surface area contributed by atoms with Crippen LogP contribution in [0.5, 0.6) is 0 Å². The first-order valence-electron chi connectivity index (χ1n) is 9.19. The molecule has 0 bridgehead atoms. The molecule has 2 aliphatic rings. The van der Waals surface area contributed by atoms with E-state index in [1.54, 1.807) is 6.07 Å². The molecule has 2 fully saturated rings. The lowest BCUT2D eigenvalue weighted by atomic mass is 10.2. The van der Waals surface area contributed by atoms with Crippen molar-refractivity contribution in [2.24, 2.45) is 0 Å². The largest absolute Gasteiger partial charge is 0.468 e. The SMILES string of the molecule is COC(=O)C1CCCN1S(=O)(=O)c1ccccc1NC=C1C(=O)OC(C)(C)OC1=O. The monoisotopic (exact) mass is 438 g/mol. The number of para-hydroxylation sites is 1. The van der Waals surface area contributed by atoms with Crippen LogP contribution in [0.4, 0.5) is 5.69 Å². The number of nitrogens with zero attached hydrogens (tertiary/aromatic N) is 1. The lowest BCUT2D eigenvalue weighted by Gasteiger charge is -2.29. The smallest absolute Gasteiger partial charge is 0.350 e.